The third-order valence-corrected chi connectivity index (χ3v) is 4.10. The molecule has 1 aromatic heterocycles. The van der Waals surface area contributed by atoms with Crippen molar-refractivity contribution in [3.63, 3.8) is 0 Å². The molecule has 2 aromatic rings. The summed E-state index contributed by atoms with van der Waals surface area (Å²) in [5, 5.41) is 2.94. The third kappa shape index (κ3) is 5.16. The summed E-state index contributed by atoms with van der Waals surface area (Å²) in [5.41, 5.74) is -1.08. The van der Waals surface area contributed by atoms with Gasteiger partial charge in [-0.2, -0.15) is 13.2 Å². The van der Waals surface area contributed by atoms with Crippen molar-refractivity contribution in [1.29, 1.82) is 0 Å². The maximum Gasteiger partial charge on any atom is 0.416 e. The molecule has 0 fully saturated rings. The quantitative estimate of drug-likeness (QED) is 0.773. The van der Waals surface area contributed by atoms with Gasteiger partial charge >= 0.3 is 6.18 Å². The van der Waals surface area contributed by atoms with Crippen molar-refractivity contribution in [2.24, 2.45) is 0 Å². The van der Waals surface area contributed by atoms with Crippen molar-refractivity contribution >= 4 is 28.3 Å². The van der Waals surface area contributed by atoms with Gasteiger partial charge in [0.25, 0.3) is 5.91 Å². The number of benzene rings is 1. The summed E-state index contributed by atoms with van der Waals surface area (Å²) in [6.07, 6.45) is -1.57. The highest BCUT2D eigenvalue weighted by Crippen LogP contribution is 2.29. The molecular weight excluding hydrogens is 367 g/mol. The number of thiazole rings is 1. The van der Waals surface area contributed by atoms with Crippen LogP contribution in [-0.2, 0) is 11.0 Å². The summed E-state index contributed by atoms with van der Waals surface area (Å²) in [5.74, 6) is -1.19. The predicted octanol–water partition coefficient (Wildman–Crippen LogP) is 3.74. The number of halogens is 3. The summed E-state index contributed by atoms with van der Waals surface area (Å²) in [6.45, 7) is 5.02. The Hall–Kier alpha value is -2.68. The minimum Gasteiger partial charge on any atom is -0.326 e. The molecule has 0 saturated carbocycles. The van der Waals surface area contributed by atoms with Gasteiger partial charge in [-0.1, -0.05) is 12.1 Å². The van der Waals surface area contributed by atoms with E-state index in [1.807, 2.05) is 6.92 Å². The van der Waals surface area contributed by atoms with Gasteiger partial charge < -0.3 is 10.2 Å². The molecule has 9 heteroatoms. The molecule has 1 aromatic carbocycles. The van der Waals surface area contributed by atoms with Gasteiger partial charge in [0, 0.05) is 23.2 Å². The molecule has 2 rings (SSSR count). The molecule has 0 bridgehead atoms. The number of rotatable bonds is 6. The van der Waals surface area contributed by atoms with E-state index < -0.39 is 23.6 Å². The van der Waals surface area contributed by atoms with E-state index >= 15 is 0 Å². The van der Waals surface area contributed by atoms with Crippen molar-refractivity contribution in [2.45, 2.75) is 13.1 Å². The van der Waals surface area contributed by atoms with Crippen LogP contribution in [0.1, 0.15) is 20.8 Å². The van der Waals surface area contributed by atoms with Crippen LogP contribution < -0.4 is 5.32 Å². The van der Waals surface area contributed by atoms with E-state index in [1.54, 1.807) is 6.20 Å². The Morgan fingerprint density at radius 3 is 2.69 bits per heavy atom. The van der Waals surface area contributed by atoms with Crippen LogP contribution in [0.4, 0.5) is 18.3 Å². The maximum absolute atomic E-state index is 12.8. The van der Waals surface area contributed by atoms with Gasteiger partial charge in [0.05, 0.1) is 5.56 Å². The zero-order chi connectivity index (χ0) is 19.3. The molecule has 2 amide bonds. The van der Waals surface area contributed by atoms with Crippen LogP contribution in [0.15, 0.2) is 43.1 Å². The Labute approximate surface area is 152 Å². The molecule has 0 unspecified atom stereocenters. The summed E-state index contributed by atoms with van der Waals surface area (Å²) < 4.78 is 38.5. The van der Waals surface area contributed by atoms with Crippen LogP contribution in [-0.4, -0.2) is 34.8 Å². The lowest BCUT2D eigenvalue weighted by Gasteiger charge is -2.21. The van der Waals surface area contributed by atoms with E-state index in [4.69, 9.17) is 0 Å². The Kier molecular flexibility index (Phi) is 6.14. The van der Waals surface area contributed by atoms with E-state index in [9.17, 15) is 22.8 Å². The SMILES string of the molecule is C=CCN(CC(=O)Nc1ncc(C)s1)C(=O)c1cccc(C(F)(F)F)c1. The highest BCUT2D eigenvalue weighted by molar-refractivity contribution is 7.15. The predicted molar refractivity (Wildman–Crippen MR) is 93.0 cm³/mol. The van der Waals surface area contributed by atoms with Crippen molar-refractivity contribution in [3.05, 3.63) is 59.1 Å². The number of aryl methyl sites for hydroxylation is 1. The molecule has 0 aliphatic heterocycles. The monoisotopic (exact) mass is 383 g/mol. The van der Waals surface area contributed by atoms with E-state index in [0.29, 0.717) is 5.13 Å². The number of hydrogen-bond acceptors (Lipinski definition) is 4. The number of anilines is 1. The largest absolute Gasteiger partial charge is 0.416 e. The number of carbonyl (C=O) groups is 2. The summed E-state index contributed by atoms with van der Waals surface area (Å²) >= 11 is 1.27. The number of carbonyl (C=O) groups excluding carboxylic acids is 2. The summed E-state index contributed by atoms with van der Waals surface area (Å²) in [6, 6.07) is 4.07. The third-order valence-electron chi connectivity index (χ3n) is 3.28. The molecular formula is C17H16F3N3O2S. The number of alkyl halides is 3. The van der Waals surface area contributed by atoms with E-state index in [-0.39, 0.29) is 18.7 Å². The fourth-order valence-corrected chi connectivity index (χ4v) is 2.81. The zero-order valence-corrected chi connectivity index (χ0v) is 14.7. The molecule has 0 saturated heterocycles. The van der Waals surface area contributed by atoms with Gasteiger partial charge in [-0.3, -0.25) is 9.59 Å². The molecule has 0 spiro atoms. The lowest BCUT2D eigenvalue weighted by atomic mass is 10.1. The van der Waals surface area contributed by atoms with Crippen molar-refractivity contribution in [3.8, 4) is 0 Å². The first kappa shape index (κ1) is 19.6. The summed E-state index contributed by atoms with van der Waals surface area (Å²) in [4.78, 5) is 30.6. The van der Waals surface area contributed by atoms with Crippen molar-refractivity contribution in [1.82, 2.24) is 9.88 Å². The first-order valence-electron chi connectivity index (χ1n) is 7.50. The van der Waals surface area contributed by atoms with Crippen molar-refractivity contribution < 1.29 is 22.8 Å². The standard InChI is InChI=1S/C17H16F3N3O2S/c1-3-7-23(10-14(24)22-16-21-9-11(2)26-16)15(25)12-5-4-6-13(8-12)17(18,19)20/h3-6,8-9H,1,7,10H2,2H3,(H,21,22,24). The van der Waals surface area contributed by atoms with Crippen molar-refractivity contribution in [2.75, 3.05) is 18.4 Å². The number of nitrogens with zero attached hydrogens (tertiary/aromatic N) is 2. The Balaban J connectivity index is 2.14. The Morgan fingerprint density at radius 1 is 1.38 bits per heavy atom. The molecule has 0 aliphatic carbocycles. The fraction of sp³-hybridized carbons (Fsp3) is 0.235. The normalized spacial score (nSPS) is 11.1. The van der Waals surface area contributed by atoms with Gasteiger partial charge in [-0.05, 0) is 25.1 Å². The molecule has 138 valence electrons. The highest BCUT2D eigenvalue weighted by Gasteiger charge is 2.31. The lowest BCUT2D eigenvalue weighted by molar-refractivity contribution is -0.137. The molecule has 0 atom stereocenters. The molecule has 0 aliphatic rings. The molecule has 1 N–H and O–H groups in total. The van der Waals surface area contributed by atoms with E-state index in [2.05, 4.69) is 16.9 Å². The number of amides is 2. The van der Waals surface area contributed by atoms with Crippen LogP contribution in [0.3, 0.4) is 0 Å². The van der Waals surface area contributed by atoms with Crippen LogP contribution in [0.25, 0.3) is 0 Å². The smallest absolute Gasteiger partial charge is 0.326 e. The van der Waals surface area contributed by atoms with Gasteiger partial charge in [0.15, 0.2) is 5.13 Å². The second kappa shape index (κ2) is 8.13. The second-order valence-electron chi connectivity index (χ2n) is 5.38. The van der Waals surface area contributed by atoms with Crippen LogP contribution in [0, 0.1) is 6.92 Å². The fourth-order valence-electron chi connectivity index (χ4n) is 2.13. The van der Waals surface area contributed by atoms with E-state index in [1.165, 1.54) is 23.5 Å². The van der Waals surface area contributed by atoms with E-state index in [0.717, 1.165) is 28.0 Å². The average molecular weight is 383 g/mol. The minimum absolute atomic E-state index is 0.0133. The summed E-state index contributed by atoms with van der Waals surface area (Å²) in [7, 11) is 0. The first-order valence-corrected chi connectivity index (χ1v) is 8.32. The topological polar surface area (TPSA) is 62.3 Å². The molecule has 1 heterocycles. The van der Waals surface area contributed by atoms with Gasteiger partial charge in [0.2, 0.25) is 5.91 Å². The highest BCUT2D eigenvalue weighted by atomic mass is 32.1. The first-order chi connectivity index (χ1) is 12.2. The number of nitrogens with one attached hydrogen (secondary N) is 1. The number of aromatic nitrogens is 1. The molecule has 0 radical (unpaired) electrons. The second-order valence-corrected chi connectivity index (χ2v) is 6.61. The van der Waals surface area contributed by atoms with Gasteiger partial charge in [-0.25, -0.2) is 4.98 Å². The van der Waals surface area contributed by atoms with Crippen LogP contribution in [0.5, 0.6) is 0 Å². The lowest BCUT2D eigenvalue weighted by Crippen LogP contribution is -2.38. The molecule has 26 heavy (non-hydrogen) atoms. The minimum atomic E-state index is -4.56. The van der Waals surface area contributed by atoms with Crippen LogP contribution in [0.2, 0.25) is 0 Å². The Morgan fingerprint density at radius 2 is 2.12 bits per heavy atom. The van der Waals surface area contributed by atoms with Gasteiger partial charge in [-0.15, -0.1) is 17.9 Å². The Bertz CT molecular complexity index is 818. The number of hydrogen-bond donors (Lipinski definition) is 1. The average Bonchev–Trinajstić information content (AvgIpc) is 2.98. The maximum atomic E-state index is 12.8. The van der Waals surface area contributed by atoms with Gasteiger partial charge in [0.1, 0.15) is 6.54 Å². The van der Waals surface area contributed by atoms with Crippen LogP contribution >= 0.6 is 11.3 Å². The molecule has 5 nitrogen and oxygen atoms in total. The zero-order valence-electron chi connectivity index (χ0n) is 13.8.